The van der Waals surface area contributed by atoms with Gasteiger partial charge in [0.2, 0.25) is 5.91 Å². The first kappa shape index (κ1) is 24.7. The molecule has 1 amide bonds. The molecule has 0 heterocycles. The van der Waals surface area contributed by atoms with Crippen LogP contribution in [0.25, 0.3) is 0 Å². The van der Waals surface area contributed by atoms with Crippen molar-refractivity contribution in [1.82, 2.24) is 0 Å². The van der Waals surface area contributed by atoms with Gasteiger partial charge in [-0.3, -0.25) is 9.10 Å². The number of carbonyl (C=O) groups is 1. The summed E-state index contributed by atoms with van der Waals surface area (Å²) in [6.45, 7) is 5.66. The molecule has 0 bridgehead atoms. The average molecular weight is 485 g/mol. The third-order valence-electron chi connectivity index (χ3n) is 5.25. The molecule has 3 aromatic rings. The molecule has 6 nitrogen and oxygen atoms in total. The minimum Gasteiger partial charge on any atom is -0.492 e. The zero-order valence-corrected chi connectivity index (χ0v) is 20.8. The molecule has 0 saturated carbocycles. The van der Waals surface area contributed by atoms with Crippen molar-refractivity contribution in [3.05, 3.63) is 77.9 Å². The van der Waals surface area contributed by atoms with Crippen LogP contribution in [0.15, 0.2) is 76.5 Å². The molecule has 0 unspecified atom stereocenters. The van der Waals surface area contributed by atoms with Crippen LogP contribution in [0.3, 0.4) is 0 Å². The predicted octanol–water partition coefficient (Wildman–Crippen LogP) is 5.26. The molecule has 0 fully saturated rings. The average Bonchev–Trinajstić information content (AvgIpc) is 2.81. The van der Waals surface area contributed by atoms with E-state index in [4.69, 9.17) is 4.74 Å². The molecule has 0 spiro atoms. The summed E-state index contributed by atoms with van der Waals surface area (Å²) >= 11 is 1.52. The molecular weight excluding hydrogens is 456 g/mol. The smallest absolute Gasteiger partial charge is 0.264 e. The number of hydrogen-bond acceptors (Lipinski definition) is 5. The molecular formula is C25H28N2O4S2. The van der Waals surface area contributed by atoms with Crippen molar-refractivity contribution in [2.24, 2.45) is 0 Å². The van der Waals surface area contributed by atoms with E-state index in [1.807, 2.05) is 39.2 Å². The Balaban J connectivity index is 2.02. The van der Waals surface area contributed by atoms with Gasteiger partial charge in [0, 0.05) is 10.6 Å². The third kappa shape index (κ3) is 5.69. The molecule has 0 saturated heterocycles. The fourth-order valence-corrected chi connectivity index (χ4v) is 5.16. The molecule has 1 N–H and O–H groups in total. The standard InChI is InChI=1S/C25H28N2O4S2/c1-5-31-24-12-7-6-11-23(24)27(33(29,30)21-15-13-20(32-4)14-16-21)17-25(28)26-22-10-8-9-18(2)19(22)3/h6-16H,5,17H2,1-4H3,(H,26,28). The number of amides is 1. The highest BCUT2D eigenvalue weighted by atomic mass is 32.2. The van der Waals surface area contributed by atoms with Gasteiger partial charge in [0.25, 0.3) is 10.0 Å². The lowest BCUT2D eigenvalue weighted by atomic mass is 10.1. The highest BCUT2D eigenvalue weighted by Crippen LogP contribution is 2.33. The van der Waals surface area contributed by atoms with Crippen LogP contribution in [0.2, 0.25) is 0 Å². The molecule has 0 aromatic heterocycles. The number of hydrogen-bond donors (Lipinski definition) is 1. The van der Waals surface area contributed by atoms with E-state index in [-0.39, 0.29) is 4.90 Å². The van der Waals surface area contributed by atoms with Gasteiger partial charge in [-0.05, 0) is 80.6 Å². The van der Waals surface area contributed by atoms with Crippen LogP contribution < -0.4 is 14.4 Å². The highest BCUT2D eigenvalue weighted by molar-refractivity contribution is 7.98. The first-order valence-electron chi connectivity index (χ1n) is 10.5. The van der Waals surface area contributed by atoms with Crippen molar-refractivity contribution >= 4 is 39.1 Å². The van der Waals surface area contributed by atoms with Crippen molar-refractivity contribution in [1.29, 1.82) is 0 Å². The molecule has 8 heteroatoms. The second kappa shape index (κ2) is 10.8. The van der Waals surface area contributed by atoms with Crippen LogP contribution in [0, 0.1) is 13.8 Å². The summed E-state index contributed by atoms with van der Waals surface area (Å²) in [4.78, 5) is 14.1. The summed E-state index contributed by atoms with van der Waals surface area (Å²) in [5, 5.41) is 2.86. The summed E-state index contributed by atoms with van der Waals surface area (Å²) < 4.78 is 34.1. The Labute approximate surface area is 200 Å². The first-order valence-corrected chi connectivity index (χ1v) is 13.2. The Morgan fingerprint density at radius 1 is 1.00 bits per heavy atom. The number of nitrogens with zero attached hydrogens (tertiary/aromatic N) is 1. The number of nitrogens with one attached hydrogen (secondary N) is 1. The van der Waals surface area contributed by atoms with Gasteiger partial charge >= 0.3 is 0 Å². The Morgan fingerprint density at radius 2 is 1.70 bits per heavy atom. The molecule has 3 rings (SSSR count). The topological polar surface area (TPSA) is 75.7 Å². The zero-order valence-electron chi connectivity index (χ0n) is 19.2. The number of carbonyl (C=O) groups excluding carboxylic acids is 1. The highest BCUT2D eigenvalue weighted by Gasteiger charge is 2.29. The van der Waals surface area contributed by atoms with Gasteiger partial charge in [0.15, 0.2) is 0 Å². The minimum atomic E-state index is -4.04. The van der Waals surface area contributed by atoms with Gasteiger partial charge in [-0.25, -0.2) is 8.42 Å². The van der Waals surface area contributed by atoms with Crippen molar-refractivity contribution in [2.45, 2.75) is 30.6 Å². The van der Waals surface area contributed by atoms with E-state index in [1.165, 1.54) is 11.8 Å². The molecule has 0 aliphatic carbocycles. The van der Waals surface area contributed by atoms with E-state index in [9.17, 15) is 13.2 Å². The van der Waals surface area contributed by atoms with E-state index in [0.717, 1.165) is 20.3 Å². The number of benzene rings is 3. The normalized spacial score (nSPS) is 11.2. The van der Waals surface area contributed by atoms with Crippen molar-refractivity contribution in [3.8, 4) is 5.75 Å². The van der Waals surface area contributed by atoms with Crippen LogP contribution in [-0.4, -0.2) is 33.7 Å². The van der Waals surface area contributed by atoms with E-state index < -0.39 is 22.5 Å². The Hall–Kier alpha value is -2.97. The van der Waals surface area contributed by atoms with Crippen LogP contribution in [-0.2, 0) is 14.8 Å². The maximum Gasteiger partial charge on any atom is 0.264 e. The maximum atomic E-state index is 13.7. The number of ether oxygens (including phenoxy) is 1. The SMILES string of the molecule is CCOc1ccccc1N(CC(=O)Nc1cccc(C)c1C)S(=O)(=O)c1ccc(SC)cc1. The van der Waals surface area contributed by atoms with Gasteiger partial charge in [-0.2, -0.15) is 0 Å². The fraction of sp³-hybridized carbons (Fsp3) is 0.240. The van der Waals surface area contributed by atoms with Gasteiger partial charge in [0.05, 0.1) is 17.2 Å². The Bertz CT molecular complexity index is 1230. The number of anilines is 2. The number of sulfonamides is 1. The number of rotatable bonds is 9. The molecule has 33 heavy (non-hydrogen) atoms. The van der Waals surface area contributed by atoms with Crippen molar-refractivity contribution < 1.29 is 17.9 Å². The molecule has 174 valence electrons. The van der Waals surface area contributed by atoms with Gasteiger partial charge in [-0.1, -0.05) is 24.3 Å². The van der Waals surface area contributed by atoms with Gasteiger partial charge < -0.3 is 10.1 Å². The Morgan fingerprint density at radius 3 is 2.36 bits per heavy atom. The molecule has 0 aliphatic heterocycles. The Kier molecular flexibility index (Phi) is 8.05. The summed E-state index contributed by atoms with van der Waals surface area (Å²) in [6.07, 6.45) is 1.92. The lowest BCUT2D eigenvalue weighted by Crippen LogP contribution is -2.38. The first-order chi connectivity index (χ1) is 15.8. The lowest BCUT2D eigenvalue weighted by molar-refractivity contribution is -0.114. The maximum absolute atomic E-state index is 13.7. The van der Waals surface area contributed by atoms with Crippen molar-refractivity contribution in [2.75, 3.05) is 29.0 Å². The minimum absolute atomic E-state index is 0.103. The summed E-state index contributed by atoms with van der Waals surface area (Å²) in [6, 6.07) is 19.0. The lowest BCUT2D eigenvalue weighted by Gasteiger charge is -2.26. The van der Waals surface area contributed by atoms with Crippen LogP contribution >= 0.6 is 11.8 Å². The predicted molar refractivity (Wildman–Crippen MR) is 135 cm³/mol. The molecule has 0 atom stereocenters. The zero-order chi connectivity index (χ0) is 24.0. The third-order valence-corrected chi connectivity index (χ3v) is 7.76. The molecule has 0 radical (unpaired) electrons. The van der Waals surface area contributed by atoms with E-state index >= 15 is 0 Å². The fourth-order valence-electron chi connectivity index (χ4n) is 3.32. The molecule has 3 aromatic carbocycles. The van der Waals surface area contributed by atoms with Crippen molar-refractivity contribution in [3.63, 3.8) is 0 Å². The number of thioether (sulfide) groups is 1. The van der Waals surface area contributed by atoms with Crippen LogP contribution in [0.5, 0.6) is 5.75 Å². The van der Waals surface area contributed by atoms with E-state index in [1.54, 1.807) is 54.6 Å². The summed E-state index contributed by atoms with van der Waals surface area (Å²) in [5.41, 5.74) is 2.93. The number of para-hydroxylation sites is 2. The van der Waals surface area contributed by atoms with Crippen LogP contribution in [0.1, 0.15) is 18.1 Å². The van der Waals surface area contributed by atoms with Crippen LogP contribution in [0.4, 0.5) is 11.4 Å². The monoisotopic (exact) mass is 484 g/mol. The summed E-state index contributed by atoms with van der Waals surface area (Å²) in [7, 11) is -4.04. The van der Waals surface area contributed by atoms with Gasteiger partial charge in [-0.15, -0.1) is 11.8 Å². The second-order valence-corrected chi connectivity index (χ2v) is 10.1. The summed E-state index contributed by atoms with van der Waals surface area (Å²) in [5.74, 6) is -0.0526. The van der Waals surface area contributed by atoms with E-state index in [2.05, 4.69) is 5.32 Å². The quantitative estimate of drug-likeness (QED) is 0.420. The number of aryl methyl sites for hydroxylation is 1. The van der Waals surface area contributed by atoms with Gasteiger partial charge in [0.1, 0.15) is 12.3 Å². The molecule has 0 aliphatic rings. The largest absolute Gasteiger partial charge is 0.492 e. The van der Waals surface area contributed by atoms with E-state index in [0.29, 0.717) is 23.7 Å². The second-order valence-electron chi connectivity index (χ2n) is 7.38.